The molecule has 3 aromatic rings. The summed E-state index contributed by atoms with van der Waals surface area (Å²) in [6.45, 7) is 2.50. The van der Waals surface area contributed by atoms with E-state index in [9.17, 15) is 4.79 Å². The Balaban J connectivity index is 1.80. The second-order valence-corrected chi connectivity index (χ2v) is 5.69. The maximum Gasteiger partial charge on any atom is 0.347 e. The molecule has 3 heterocycles. The molecule has 0 saturated carbocycles. The van der Waals surface area contributed by atoms with E-state index in [0.29, 0.717) is 24.7 Å². The minimum Gasteiger partial charge on any atom is -0.478 e. The van der Waals surface area contributed by atoms with Gasteiger partial charge in [-0.3, -0.25) is 0 Å². The molecule has 3 N–H and O–H groups in total. The number of aromatic nitrogens is 4. The molecule has 4 rings (SSSR count). The second kappa shape index (κ2) is 5.61. The fourth-order valence-corrected chi connectivity index (χ4v) is 3.08. The van der Waals surface area contributed by atoms with Gasteiger partial charge in [0.15, 0.2) is 5.82 Å². The smallest absolute Gasteiger partial charge is 0.347 e. The molecule has 1 aromatic carbocycles. The van der Waals surface area contributed by atoms with Crippen molar-refractivity contribution in [2.45, 2.75) is 19.4 Å². The van der Waals surface area contributed by atoms with Gasteiger partial charge in [-0.1, -0.05) is 6.07 Å². The molecule has 0 bridgehead atoms. The van der Waals surface area contributed by atoms with Crippen LogP contribution in [0.15, 0.2) is 41.3 Å². The van der Waals surface area contributed by atoms with E-state index in [1.807, 2.05) is 31.2 Å². The van der Waals surface area contributed by atoms with Gasteiger partial charge in [-0.15, -0.1) is 0 Å². The topological polar surface area (TPSA) is 98.8 Å². The molecular formula is C17H17N5O2. The first-order valence-electron chi connectivity index (χ1n) is 7.83. The number of nitrogens with two attached hydrogens (primary N) is 1. The summed E-state index contributed by atoms with van der Waals surface area (Å²) in [5.41, 5.74) is 9.78. The molecule has 7 heteroatoms. The van der Waals surface area contributed by atoms with Crippen LogP contribution in [0.25, 0.3) is 16.8 Å². The van der Waals surface area contributed by atoms with Crippen molar-refractivity contribution in [3.63, 3.8) is 0 Å². The fraction of sp³-hybridized carbons (Fsp3) is 0.235. The molecule has 122 valence electrons. The Morgan fingerprint density at radius 3 is 3.00 bits per heavy atom. The van der Waals surface area contributed by atoms with Crippen LogP contribution in [0.3, 0.4) is 0 Å². The van der Waals surface area contributed by atoms with Gasteiger partial charge in [0.05, 0.1) is 18.3 Å². The van der Waals surface area contributed by atoms with Crippen molar-refractivity contribution in [2.75, 3.05) is 6.61 Å². The van der Waals surface area contributed by atoms with Crippen molar-refractivity contribution in [1.82, 2.24) is 19.7 Å². The lowest BCUT2D eigenvalue weighted by Gasteiger charge is -2.22. The summed E-state index contributed by atoms with van der Waals surface area (Å²) >= 11 is 0. The van der Waals surface area contributed by atoms with E-state index in [4.69, 9.17) is 10.5 Å². The Bertz CT molecular complexity index is 960. The Hall–Kier alpha value is -2.93. The van der Waals surface area contributed by atoms with Crippen LogP contribution in [0, 0.1) is 0 Å². The highest BCUT2D eigenvalue weighted by Crippen LogP contribution is 2.31. The molecule has 1 atom stereocenters. The molecule has 2 aromatic heterocycles. The maximum atomic E-state index is 12.0. The van der Waals surface area contributed by atoms with E-state index in [1.165, 1.54) is 0 Å². The molecule has 1 aliphatic heterocycles. The summed E-state index contributed by atoms with van der Waals surface area (Å²) in [7, 11) is 0. The summed E-state index contributed by atoms with van der Waals surface area (Å²) < 4.78 is 7.01. The second-order valence-electron chi connectivity index (χ2n) is 5.69. The number of hydrogen-bond acceptors (Lipinski definition) is 5. The molecule has 24 heavy (non-hydrogen) atoms. The number of rotatable bonds is 3. The van der Waals surface area contributed by atoms with Gasteiger partial charge >= 0.3 is 5.69 Å². The van der Waals surface area contributed by atoms with Crippen LogP contribution in [0.4, 0.5) is 0 Å². The molecule has 7 nitrogen and oxygen atoms in total. The molecule has 0 saturated heterocycles. The third-order valence-corrected chi connectivity index (χ3v) is 4.15. The summed E-state index contributed by atoms with van der Waals surface area (Å²) in [5.74, 6) is 1.17. The van der Waals surface area contributed by atoms with Crippen molar-refractivity contribution < 1.29 is 4.74 Å². The van der Waals surface area contributed by atoms with Crippen LogP contribution in [0.5, 0.6) is 5.88 Å². The molecular weight excluding hydrogens is 306 g/mol. The highest BCUT2D eigenvalue weighted by molar-refractivity contribution is 5.67. The minimum absolute atomic E-state index is 0.267. The van der Waals surface area contributed by atoms with E-state index < -0.39 is 0 Å². The molecule has 0 radical (unpaired) electrons. The summed E-state index contributed by atoms with van der Waals surface area (Å²) in [5, 5.41) is 6.50. The molecule has 0 amide bonds. The first kappa shape index (κ1) is 14.6. The molecule has 1 unspecified atom stereocenters. The number of aromatic amines is 1. The Kier molecular flexibility index (Phi) is 3.42. The first-order valence-corrected chi connectivity index (χ1v) is 7.83. The third-order valence-electron chi connectivity index (χ3n) is 4.15. The van der Waals surface area contributed by atoms with Gasteiger partial charge in [0, 0.05) is 12.3 Å². The zero-order chi connectivity index (χ0) is 16.7. The van der Waals surface area contributed by atoms with E-state index in [2.05, 4.69) is 21.2 Å². The monoisotopic (exact) mass is 323 g/mol. The van der Waals surface area contributed by atoms with Gasteiger partial charge < -0.3 is 10.5 Å². The highest BCUT2D eigenvalue weighted by Gasteiger charge is 2.25. The summed E-state index contributed by atoms with van der Waals surface area (Å²) in [6.07, 6.45) is 2.36. The number of ether oxygens (including phenoxy) is 1. The van der Waals surface area contributed by atoms with Gasteiger partial charge in [0.25, 0.3) is 0 Å². The van der Waals surface area contributed by atoms with E-state index in [1.54, 1.807) is 10.8 Å². The van der Waals surface area contributed by atoms with Gasteiger partial charge in [-0.2, -0.15) is 5.10 Å². The number of hydrogen-bond donors (Lipinski definition) is 2. The average Bonchev–Trinajstić information content (AvgIpc) is 2.98. The van der Waals surface area contributed by atoms with Crippen molar-refractivity contribution in [2.24, 2.45) is 5.73 Å². The number of benzene rings is 1. The van der Waals surface area contributed by atoms with Crippen LogP contribution < -0.4 is 16.2 Å². The predicted octanol–water partition coefficient (Wildman–Crippen LogP) is 1.58. The van der Waals surface area contributed by atoms with Crippen molar-refractivity contribution >= 4 is 0 Å². The number of nitrogens with zero attached hydrogens (tertiary/aromatic N) is 3. The van der Waals surface area contributed by atoms with Crippen molar-refractivity contribution in [1.29, 1.82) is 0 Å². The van der Waals surface area contributed by atoms with Crippen molar-refractivity contribution in [3.05, 3.63) is 58.4 Å². The molecule has 0 fully saturated rings. The number of fused-ring (bicyclic) bond motifs is 3. The largest absolute Gasteiger partial charge is 0.478 e. The van der Waals surface area contributed by atoms with Gasteiger partial charge in [0.1, 0.15) is 0 Å². The summed E-state index contributed by atoms with van der Waals surface area (Å²) in [4.78, 5) is 16.2. The lowest BCUT2D eigenvalue weighted by atomic mass is 9.95. The lowest BCUT2D eigenvalue weighted by Crippen LogP contribution is -2.28. The maximum absolute atomic E-state index is 12.0. The zero-order valence-corrected chi connectivity index (χ0v) is 13.2. The van der Waals surface area contributed by atoms with Crippen LogP contribution in [-0.2, 0) is 6.42 Å². The minimum atomic E-state index is -0.303. The van der Waals surface area contributed by atoms with E-state index >= 15 is 0 Å². The molecule has 1 aliphatic rings. The molecule has 0 spiro atoms. The Morgan fingerprint density at radius 2 is 2.17 bits per heavy atom. The van der Waals surface area contributed by atoms with E-state index in [0.717, 1.165) is 22.4 Å². The standard InChI is InChI=1S/C17H17N5O2/c1-2-24-15-9-11(5-6-19-15)10-3-4-14-12(7-10)8-13(18)16-20-21-17(23)22(14)16/h3-7,9,13H,2,8,18H2,1H3,(H,21,23). The SMILES string of the molecule is CCOc1cc(-c2ccc3c(c2)CC(N)c2n[nH]c(=O)n2-3)ccn1. The Labute approximate surface area is 138 Å². The van der Waals surface area contributed by atoms with Crippen LogP contribution >= 0.6 is 0 Å². The number of nitrogens with one attached hydrogen (secondary N) is 1. The quantitative estimate of drug-likeness (QED) is 0.762. The normalized spacial score (nSPS) is 15.7. The van der Waals surface area contributed by atoms with Crippen LogP contribution in [0.1, 0.15) is 24.4 Å². The zero-order valence-electron chi connectivity index (χ0n) is 13.2. The first-order chi connectivity index (χ1) is 11.7. The van der Waals surface area contributed by atoms with E-state index in [-0.39, 0.29) is 11.7 Å². The van der Waals surface area contributed by atoms with Gasteiger partial charge in [0.2, 0.25) is 5.88 Å². The van der Waals surface area contributed by atoms with Gasteiger partial charge in [-0.25, -0.2) is 19.4 Å². The molecule has 0 aliphatic carbocycles. The third kappa shape index (κ3) is 2.30. The predicted molar refractivity (Wildman–Crippen MR) is 89.2 cm³/mol. The number of pyridine rings is 1. The van der Waals surface area contributed by atoms with Crippen LogP contribution in [0.2, 0.25) is 0 Å². The Morgan fingerprint density at radius 1 is 1.33 bits per heavy atom. The van der Waals surface area contributed by atoms with Crippen LogP contribution in [-0.4, -0.2) is 26.4 Å². The number of H-pyrrole nitrogens is 1. The van der Waals surface area contributed by atoms with Crippen molar-refractivity contribution in [3.8, 4) is 22.7 Å². The fourth-order valence-electron chi connectivity index (χ4n) is 3.08. The average molecular weight is 323 g/mol. The summed E-state index contributed by atoms with van der Waals surface area (Å²) in [6, 6.07) is 9.50. The van der Waals surface area contributed by atoms with Gasteiger partial charge in [-0.05, 0) is 48.2 Å². The lowest BCUT2D eigenvalue weighted by molar-refractivity contribution is 0.327. The highest BCUT2D eigenvalue weighted by atomic mass is 16.5.